The van der Waals surface area contributed by atoms with Crippen LogP contribution in [0.2, 0.25) is 4.34 Å². The third-order valence-corrected chi connectivity index (χ3v) is 4.40. The summed E-state index contributed by atoms with van der Waals surface area (Å²) in [5.41, 5.74) is 0. The molecule has 1 amide bonds. The molecule has 0 saturated heterocycles. The van der Waals surface area contributed by atoms with Gasteiger partial charge in [0.2, 0.25) is 5.91 Å². The number of likely N-dealkylation sites (N-methyl/N-ethyl adjacent to an activating group) is 1. The van der Waals surface area contributed by atoms with Crippen molar-refractivity contribution < 1.29 is 4.79 Å². The van der Waals surface area contributed by atoms with Crippen LogP contribution in [0, 0.1) is 5.92 Å². The monoisotopic (exact) mass is 286 g/mol. The number of carbonyl (C=O) groups excluding carboxylic acids is 1. The fourth-order valence-electron chi connectivity index (χ4n) is 2.02. The van der Waals surface area contributed by atoms with E-state index in [-0.39, 0.29) is 5.91 Å². The minimum absolute atomic E-state index is 0.111. The summed E-state index contributed by atoms with van der Waals surface area (Å²) in [6, 6.07) is 4.22. The number of hydrogen-bond donors (Lipinski definition) is 1. The maximum Gasteiger partial charge on any atom is 0.234 e. The zero-order chi connectivity index (χ0) is 13.1. The Hall–Kier alpha value is -0.580. The number of nitrogens with zero attached hydrogens (tertiary/aromatic N) is 1. The number of hydrogen-bond acceptors (Lipinski definition) is 3. The van der Waals surface area contributed by atoms with Crippen molar-refractivity contribution in [3.05, 3.63) is 21.3 Å². The van der Waals surface area contributed by atoms with Crippen molar-refractivity contribution in [2.75, 3.05) is 13.6 Å². The highest BCUT2D eigenvalue weighted by Gasteiger charge is 2.28. The molecule has 1 aromatic rings. The van der Waals surface area contributed by atoms with Crippen LogP contribution in [0.25, 0.3) is 0 Å². The molecule has 0 spiro atoms. The first-order valence-electron chi connectivity index (χ1n) is 6.26. The van der Waals surface area contributed by atoms with Crippen LogP contribution in [0.1, 0.15) is 24.6 Å². The lowest BCUT2D eigenvalue weighted by atomic mass is 10.2. The van der Waals surface area contributed by atoms with Crippen LogP contribution < -0.4 is 5.32 Å². The van der Waals surface area contributed by atoms with E-state index in [1.807, 2.05) is 24.1 Å². The van der Waals surface area contributed by atoms with Crippen LogP contribution in [-0.2, 0) is 11.3 Å². The van der Waals surface area contributed by atoms with Gasteiger partial charge in [0.25, 0.3) is 0 Å². The molecule has 1 atom stereocenters. The highest BCUT2D eigenvalue weighted by Crippen LogP contribution is 2.32. The Morgan fingerprint density at radius 2 is 2.33 bits per heavy atom. The molecule has 18 heavy (non-hydrogen) atoms. The van der Waals surface area contributed by atoms with Crippen LogP contribution in [0.5, 0.6) is 0 Å². The largest absolute Gasteiger partial charge is 0.352 e. The average molecular weight is 287 g/mol. The second-order valence-corrected chi connectivity index (χ2v) is 6.87. The molecule has 1 unspecified atom stereocenters. The van der Waals surface area contributed by atoms with E-state index in [4.69, 9.17) is 11.6 Å². The fraction of sp³-hybridized carbons (Fsp3) is 0.615. The van der Waals surface area contributed by atoms with Crippen molar-refractivity contribution in [2.45, 2.75) is 32.4 Å². The lowest BCUT2D eigenvalue weighted by Gasteiger charge is -2.18. The first-order valence-corrected chi connectivity index (χ1v) is 7.46. The molecule has 2 rings (SSSR count). The highest BCUT2D eigenvalue weighted by atomic mass is 35.5. The van der Waals surface area contributed by atoms with Gasteiger partial charge in [-0.3, -0.25) is 9.69 Å². The fourth-order valence-corrected chi connectivity index (χ4v) is 3.19. The SMILES string of the molecule is CC(NC(=O)CN(C)Cc1ccc(Cl)s1)C1CC1. The van der Waals surface area contributed by atoms with Crippen LogP contribution in [0.4, 0.5) is 0 Å². The summed E-state index contributed by atoms with van der Waals surface area (Å²) in [4.78, 5) is 15.0. The molecule has 1 aliphatic carbocycles. The Balaban J connectivity index is 1.72. The van der Waals surface area contributed by atoms with Crippen molar-refractivity contribution >= 4 is 28.8 Å². The molecular formula is C13H19ClN2OS. The first-order chi connectivity index (χ1) is 8.54. The lowest BCUT2D eigenvalue weighted by molar-refractivity contribution is -0.122. The zero-order valence-electron chi connectivity index (χ0n) is 10.8. The minimum Gasteiger partial charge on any atom is -0.352 e. The average Bonchev–Trinajstić information content (AvgIpc) is 3.03. The Morgan fingerprint density at radius 3 is 2.89 bits per heavy atom. The van der Waals surface area contributed by atoms with Gasteiger partial charge in [0.05, 0.1) is 10.9 Å². The van der Waals surface area contributed by atoms with Crippen molar-refractivity contribution in [1.82, 2.24) is 10.2 Å². The number of rotatable bonds is 6. The molecule has 1 aromatic heterocycles. The Bertz CT molecular complexity index is 417. The highest BCUT2D eigenvalue weighted by molar-refractivity contribution is 7.16. The summed E-state index contributed by atoms with van der Waals surface area (Å²) in [7, 11) is 1.95. The van der Waals surface area contributed by atoms with Gasteiger partial charge in [-0.2, -0.15) is 0 Å². The van der Waals surface area contributed by atoms with Gasteiger partial charge in [-0.1, -0.05) is 11.6 Å². The normalized spacial score (nSPS) is 16.9. The molecule has 100 valence electrons. The van der Waals surface area contributed by atoms with E-state index in [1.165, 1.54) is 17.7 Å². The smallest absolute Gasteiger partial charge is 0.234 e. The van der Waals surface area contributed by atoms with E-state index < -0.39 is 0 Å². The number of nitrogens with one attached hydrogen (secondary N) is 1. The lowest BCUT2D eigenvalue weighted by Crippen LogP contribution is -2.40. The first kappa shape index (κ1) is 13.8. The van der Waals surface area contributed by atoms with Crippen molar-refractivity contribution in [1.29, 1.82) is 0 Å². The third-order valence-electron chi connectivity index (χ3n) is 3.19. The van der Waals surface area contributed by atoms with E-state index in [0.29, 0.717) is 18.5 Å². The van der Waals surface area contributed by atoms with E-state index in [0.717, 1.165) is 10.9 Å². The summed E-state index contributed by atoms with van der Waals surface area (Å²) in [6.07, 6.45) is 2.51. The van der Waals surface area contributed by atoms with Crippen LogP contribution >= 0.6 is 22.9 Å². The maximum absolute atomic E-state index is 11.8. The molecule has 0 aliphatic heterocycles. The van der Waals surface area contributed by atoms with Crippen molar-refractivity contribution in [2.24, 2.45) is 5.92 Å². The zero-order valence-corrected chi connectivity index (χ0v) is 12.4. The van der Waals surface area contributed by atoms with Crippen molar-refractivity contribution in [3.8, 4) is 0 Å². The summed E-state index contributed by atoms with van der Waals surface area (Å²) in [6.45, 7) is 3.30. The van der Waals surface area contributed by atoms with Crippen LogP contribution in [0.3, 0.4) is 0 Å². The summed E-state index contributed by atoms with van der Waals surface area (Å²) in [5.74, 6) is 0.815. The Labute approximate surface area is 117 Å². The quantitative estimate of drug-likeness (QED) is 0.872. The van der Waals surface area contributed by atoms with Gasteiger partial charge in [0.15, 0.2) is 0 Å². The molecule has 1 saturated carbocycles. The number of carbonyl (C=O) groups is 1. The maximum atomic E-state index is 11.8. The van der Waals surface area contributed by atoms with Crippen LogP contribution in [-0.4, -0.2) is 30.4 Å². The molecule has 5 heteroatoms. The molecule has 1 heterocycles. The van der Waals surface area contributed by atoms with E-state index >= 15 is 0 Å². The van der Waals surface area contributed by atoms with Gasteiger partial charge >= 0.3 is 0 Å². The Morgan fingerprint density at radius 1 is 1.61 bits per heavy atom. The van der Waals surface area contributed by atoms with E-state index in [2.05, 4.69) is 12.2 Å². The van der Waals surface area contributed by atoms with Gasteiger partial charge in [0.1, 0.15) is 0 Å². The molecule has 0 radical (unpaired) electrons. The standard InChI is InChI=1S/C13H19ClN2OS/c1-9(10-3-4-10)15-13(17)8-16(2)7-11-5-6-12(14)18-11/h5-6,9-10H,3-4,7-8H2,1-2H3,(H,15,17). The molecule has 3 nitrogen and oxygen atoms in total. The predicted molar refractivity (Wildman–Crippen MR) is 76.0 cm³/mol. The van der Waals surface area contributed by atoms with Gasteiger partial charge in [-0.15, -0.1) is 11.3 Å². The predicted octanol–water partition coefficient (Wildman–Crippen LogP) is 2.75. The van der Waals surface area contributed by atoms with E-state index in [1.54, 1.807) is 11.3 Å². The van der Waals surface area contributed by atoms with Crippen LogP contribution in [0.15, 0.2) is 12.1 Å². The van der Waals surface area contributed by atoms with E-state index in [9.17, 15) is 4.79 Å². The molecular weight excluding hydrogens is 268 g/mol. The second kappa shape index (κ2) is 6.04. The van der Waals surface area contributed by atoms with Gasteiger partial charge in [-0.25, -0.2) is 0 Å². The Kier molecular flexibility index (Phi) is 4.65. The third kappa shape index (κ3) is 4.26. The molecule has 0 aromatic carbocycles. The minimum atomic E-state index is 0.111. The van der Waals surface area contributed by atoms with Crippen molar-refractivity contribution in [3.63, 3.8) is 0 Å². The van der Waals surface area contributed by atoms with Gasteiger partial charge in [0, 0.05) is 17.5 Å². The molecule has 1 N–H and O–H groups in total. The number of amides is 1. The molecule has 1 fully saturated rings. The summed E-state index contributed by atoms with van der Waals surface area (Å²) >= 11 is 7.44. The topological polar surface area (TPSA) is 32.3 Å². The number of thiophene rings is 1. The summed E-state index contributed by atoms with van der Waals surface area (Å²) < 4.78 is 0.796. The van der Waals surface area contributed by atoms with Gasteiger partial charge in [-0.05, 0) is 44.9 Å². The molecule has 1 aliphatic rings. The number of halogens is 1. The van der Waals surface area contributed by atoms with Gasteiger partial charge < -0.3 is 5.32 Å². The second-order valence-electron chi connectivity index (χ2n) is 5.07. The molecule has 0 bridgehead atoms. The summed E-state index contributed by atoms with van der Waals surface area (Å²) in [5, 5.41) is 3.06.